The highest BCUT2D eigenvalue weighted by molar-refractivity contribution is 7.14. The Balaban J connectivity index is 2.26. The molecule has 6 heteroatoms. The number of aromatic nitrogens is 2. The standard InChI is InChI=1S/C11H11ClN2O2S/c1-6-9(12)5-14(13-6)4-8-3-10(11(15)16)17-7(8)2/h3,5H,4H2,1-2H3,(H,15,16). The van der Waals surface area contributed by atoms with E-state index in [1.54, 1.807) is 16.9 Å². The lowest BCUT2D eigenvalue weighted by atomic mass is 10.2. The van der Waals surface area contributed by atoms with Gasteiger partial charge in [0, 0.05) is 11.1 Å². The maximum absolute atomic E-state index is 10.8. The van der Waals surface area contributed by atoms with Crippen LogP contribution in [0.15, 0.2) is 12.3 Å². The number of aryl methyl sites for hydroxylation is 2. The van der Waals surface area contributed by atoms with E-state index in [0.717, 1.165) is 16.1 Å². The molecule has 2 aromatic heterocycles. The molecular weight excluding hydrogens is 260 g/mol. The zero-order valence-corrected chi connectivity index (χ0v) is 11.0. The van der Waals surface area contributed by atoms with Crippen molar-refractivity contribution in [2.24, 2.45) is 0 Å². The molecule has 0 aliphatic heterocycles. The van der Waals surface area contributed by atoms with Crippen LogP contribution in [0.3, 0.4) is 0 Å². The van der Waals surface area contributed by atoms with Gasteiger partial charge in [-0.1, -0.05) is 11.6 Å². The van der Waals surface area contributed by atoms with Crippen LogP contribution in [0.2, 0.25) is 5.02 Å². The van der Waals surface area contributed by atoms with E-state index in [4.69, 9.17) is 16.7 Å². The third-order valence-corrected chi connectivity index (χ3v) is 3.90. The fourth-order valence-corrected chi connectivity index (χ4v) is 2.55. The van der Waals surface area contributed by atoms with E-state index in [1.807, 2.05) is 13.8 Å². The summed E-state index contributed by atoms with van der Waals surface area (Å²) in [6.07, 6.45) is 1.74. The topological polar surface area (TPSA) is 55.1 Å². The van der Waals surface area contributed by atoms with Crippen LogP contribution >= 0.6 is 22.9 Å². The molecule has 1 N–H and O–H groups in total. The molecule has 0 aromatic carbocycles. The third kappa shape index (κ3) is 2.50. The molecule has 0 fully saturated rings. The summed E-state index contributed by atoms with van der Waals surface area (Å²) < 4.78 is 1.72. The molecule has 2 rings (SSSR count). The highest BCUT2D eigenvalue weighted by Gasteiger charge is 2.12. The van der Waals surface area contributed by atoms with Crippen LogP contribution < -0.4 is 0 Å². The van der Waals surface area contributed by atoms with Crippen molar-refractivity contribution in [1.82, 2.24) is 9.78 Å². The van der Waals surface area contributed by atoms with Gasteiger partial charge in [0.25, 0.3) is 0 Å². The lowest BCUT2D eigenvalue weighted by molar-refractivity contribution is 0.0702. The summed E-state index contributed by atoms with van der Waals surface area (Å²) in [7, 11) is 0. The lowest BCUT2D eigenvalue weighted by Gasteiger charge is -1.99. The first kappa shape index (κ1) is 12.1. The van der Waals surface area contributed by atoms with Crippen molar-refractivity contribution in [2.75, 3.05) is 0 Å². The predicted octanol–water partition coefficient (Wildman–Crippen LogP) is 2.96. The van der Waals surface area contributed by atoms with Crippen LogP contribution in [0.4, 0.5) is 0 Å². The maximum atomic E-state index is 10.8. The zero-order valence-electron chi connectivity index (χ0n) is 9.40. The zero-order chi connectivity index (χ0) is 12.6. The molecule has 2 aromatic rings. The van der Waals surface area contributed by atoms with Gasteiger partial charge in [0.15, 0.2) is 0 Å². The Morgan fingerprint density at radius 1 is 1.59 bits per heavy atom. The van der Waals surface area contributed by atoms with Gasteiger partial charge in [-0.05, 0) is 25.5 Å². The normalized spacial score (nSPS) is 10.8. The Kier molecular flexibility index (Phi) is 3.22. The third-order valence-electron chi connectivity index (χ3n) is 2.45. The predicted molar refractivity (Wildman–Crippen MR) is 67.1 cm³/mol. The molecule has 0 bridgehead atoms. The number of aromatic carboxylic acids is 1. The monoisotopic (exact) mass is 270 g/mol. The van der Waals surface area contributed by atoms with Gasteiger partial charge in [-0.25, -0.2) is 4.79 Å². The highest BCUT2D eigenvalue weighted by Crippen LogP contribution is 2.23. The molecule has 0 saturated carbocycles. The Bertz CT molecular complexity index is 555. The summed E-state index contributed by atoms with van der Waals surface area (Å²) in [5.74, 6) is -0.890. The molecule has 0 radical (unpaired) electrons. The number of rotatable bonds is 3. The molecule has 0 amide bonds. The van der Waals surface area contributed by atoms with Gasteiger partial charge in [0.1, 0.15) is 4.88 Å². The smallest absolute Gasteiger partial charge is 0.345 e. The molecule has 2 heterocycles. The lowest BCUT2D eigenvalue weighted by Crippen LogP contribution is -2.00. The molecule has 0 unspecified atom stereocenters. The minimum Gasteiger partial charge on any atom is -0.477 e. The Morgan fingerprint density at radius 3 is 2.76 bits per heavy atom. The summed E-state index contributed by atoms with van der Waals surface area (Å²) in [4.78, 5) is 12.2. The quantitative estimate of drug-likeness (QED) is 0.933. The average Bonchev–Trinajstić information content (AvgIpc) is 2.73. The van der Waals surface area contributed by atoms with Gasteiger partial charge < -0.3 is 5.11 Å². The van der Waals surface area contributed by atoms with E-state index < -0.39 is 5.97 Å². The van der Waals surface area contributed by atoms with Gasteiger partial charge in [0.05, 0.1) is 17.3 Å². The van der Waals surface area contributed by atoms with E-state index in [9.17, 15) is 4.79 Å². The number of carboxylic acid groups (broad SMARTS) is 1. The van der Waals surface area contributed by atoms with E-state index in [-0.39, 0.29) is 0 Å². The Morgan fingerprint density at radius 2 is 2.29 bits per heavy atom. The number of halogens is 1. The number of hydrogen-bond donors (Lipinski definition) is 1. The summed E-state index contributed by atoms with van der Waals surface area (Å²) in [5, 5.41) is 13.8. The minimum atomic E-state index is -0.890. The number of carboxylic acids is 1. The van der Waals surface area contributed by atoms with Crippen LogP contribution in [0.25, 0.3) is 0 Å². The summed E-state index contributed by atoms with van der Waals surface area (Å²) in [5.41, 5.74) is 1.74. The van der Waals surface area contributed by atoms with Gasteiger partial charge >= 0.3 is 5.97 Å². The van der Waals surface area contributed by atoms with Gasteiger partial charge in [-0.15, -0.1) is 11.3 Å². The molecule has 0 saturated heterocycles. The highest BCUT2D eigenvalue weighted by atomic mass is 35.5. The van der Waals surface area contributed by atoms with Crippen LogP contribution in [0.1, 0.15) is 25.8 Å². The second-order valence-electron chi connectivity index (χ2n) is 3.76. The van der Waals surface area contributed by atoms with E-state index in [2.05, 4.69) is 5.10 Å². The van der Waals surface area contributed by atoms with Gasteiger partial charge in [-0.2, -0.15) is 5.10 Å². The number of thiophene rings is 1. The van der Waals surface area contributed by atoms with Crippen LogP contribution in [0.5, 0.6) is 0 Å². The molecule has 4 nitrogen and oxygen atoms in total. The molecule has 17 heavy (non-hydrogen) atoms. The van der Waals surface area contributed by atoms with Crippen molar-refractivity contribution in [3.05, 3.63) is 38.3 Å². The van der Waals surface area contributed by atoms with Crippen molar-refractivity contribution < 1.29 is 9.90 Å². The van der Waals surface area contributed by atoms with E-state index in [0.29, 0.717) is 16.4 Å². The number of nitrogens with zero attached hydrogens (tertiary/aromatic N) is 2. The molecule has 0 atom stereocenters. The van der Waals surface area contributed by atoms with Crippen molar-refractivity contribution >= 4 is 28.9 Å². The summed E-state index contributed by atoms with van der Waals surface area (Å²) in [6.45, 7) is 4.29. The van der Waals surface area contributed by atoms with Gasteiger partial charge in [-0.3, -0.25) is 4.68 Å². The average molecular weight is 271 g/mol. The van der Waals surface area contributed by atoms with E-state index in [1.165, 1.54) is 11.3 Å². The molecular formula is C11H11ClN2O2S. The van der Waals surface area contributed by atoms with Crippen molar-refractivity contribution in [2.45, 2.75) is 20.4 Å². The van der Waals surface area contributed by atoms with Crippen molar-refractivity contribution in [1.29, 1.82) is 0 Å². The van der Waals surface area contributed by atoms with Gasteiger partial charge in [0.2, 0.25) is 0 Å². The van der Waals surface area contributed by atoms with Crippen LogP contribution in [0, 0.1) is 13.8 Å². The largest absolute Gasteiger partial charge is 0.477 e. The number of hydrogen-bond acceptors (Lipinski definition) is 3. The number of carbonyl (C=O) groups is 1. The molecule has 90 valence electrons. The van der Waals surface area contributed by atoms with Crippen LogP contribution in [-0.4, -0.2) is 20.9 Å². The maximum Gasteiger partial charge on any atom is 0.345 e. The summed E-state index contributed by atoms with van der Waals surface area (Å²) in [6, 6.07) is 1.69. The fourth-order valence-electron chi connectivity index (χ4n) is 1.53. The first-order chi connectivity index (χ1) is 7.97. The Labute approximate surface area is 107 Å². The summed E-state index contributed by atoms with van der Waals surface area (Å²) >= 11 is 7.20. The second kappa shape index (κ2) is 4.50. The van der Waals surface area contributed by atoms with Crippen molar-refractivity contribution in [3.8, 4) is 0 Å². The minimum absolute atomic E-state index is 0.354. The second-order valence-corrected chi connectivity index (χ2v) is 5.42. The van der Waals surface area contributed by atoms with Crippen LogP contribution in [-0.2, 0) is 6.54 Å². The Hall–Kier alpha value is -1.33. The molecule has 0 aliphatic rings. The first-order valence-corrected chi connectivity index (χ1v) is 6.19. The fraction of sp³-hybridized carbons (Fsp3) is 0.273. The first-order valence-electron chi connectivity index (χ1n) is 4.99. The SMILES string of the molecule is Cc1nn(Cc2cc(C(=O)O)sc2C)cc1Cl. The van der Waals surface area contributed by atoms with Crippen molar-refractivity contribution in [3.63, 3.8) is 0 Å². The molecule has 0 spiro atoms. The van der Waals surface area contributed by atoms with E-state index >= 15 is 0 Å². The molecule has 0 aliphatic carbocycles.